The van der Waals surface area contributed by atoms with Crippen molar-refractivity contribution in [2.75, 3.05) is 20.3 Å². The highest BCUT2D eigenvalue weighted by molar-refractivity contribution is 5.94. The van der Waals surface area contributed by atoms with Gasteiger partial charge < -0.3 is 14.8 Å². The molecule has 4 heteroatoms. The third-order valence-electron chi connectivity index (χ3n) is 2.68. The number of hydrogen-bond acceptors (Lipinski definition) is 3. The fourth-order valence-corrected chi connectivity index (χ4v) is 1.70. The van der Waals surface area contributed by atoms with Gasteiger partial charge in [0.15, 0.2) is 0 Å². The quantitative estimate of drug-likeness (QED) is 0.735. The lowest BCUT2D eigenvalue weighted by atomic mass is 10.1. The summed E-state index contributed by atoms with van der Waals surface area (Å²) in [4.78, 5) is 11.9. The Bertz CT molecular complexity index is 404. The molecular formula is C15H23NO3. The van der Waals surface area contributed by atoms with Crippen LogP contribution < -0.4 is 10.1 Å². The van der Waals surface area contributed by atoms with Crippen molar-refractivity contribution in [3.8, 4) is 5.75 Å². The first kappa shape index (κ1) is 15.5. The highest BCUT2D eigenvalue weighted by atomic mass is 16.5. The Balaban J connectivity index is 2.78. The number of ether oxygens (including phenoxy) is 2. The van der Waals surface area contributed by atoms with Crippen LogP contribution in [0, 0.1) is 0 Å². The number of benzene rings is 1. The second-order valence-electron chi connectivity index (χ2n) is 4.34. The molecule has 1 rings (SSSR count). The van der Waals surface area contributed by atoms with Gasteiger partial charge >= 0.3 is 0 Å². The number of carbonyl (C=O) groups excluding carboxylic acids is 1. The second-order valence-corrected chi connectivity index (χ2v) is 4.34. The molecule has 0 saturated heterocycles. The van der Waals surface area contributed by atoms with Crippen LogP contribution >= 0.6 is 0 Å². The molecule has 0 spiro atoms. The van der Waals surface area contributed by atoms with Gasteiger partial charge in [-0.15, -0.1) is 0 Å². The van der Waals surface area contributed by atoms with Gasteiger partial charge in [0.25, 0.3) is 5.91 Å². The fourth-order valence-electron chi connectivity index (χ4n) is 1.70. The van der Waals surface area contributed by atoms with Gasteiger partial charge in [-0.3, -0.25) is 4.79 Å². The van der Waals surface area contributed by atoms with Gasteiger partial charge in [0.05, 0.1) is 13.7 Å². The van der Waals surface area contributed by atoms with Crippen LogP contribution in [0.1, 0.15) is 42.6 Å². The Morgan fingerprint density at radius 2 is 2.05 bits per heavy atom. The third kappa shape index (κ3) is 4.91. The van der Waals surface area contributed by atoms with Gasteiger partial charge in [-0.25, -0.2) is 0 Å². The molecule has 4 nitrogen and oxygen atoms in total. The monoisotopic (exact) mass is 265 g/mol. The van der Waals surface area contributed by atoms with Crippen LogP contribution in [-0.2, 0) is 11.3 Å². The molecule has 0 aromatic heterocycles. The van der Waals surface area contributed by atoms with E-state index < -0.39 is 0 Å². The average Bonchev–Trinajstić information content (AvgIpc) is 2.44. The summed E-state index contributed by atoms with van der Waals surface area (Å²) in [5.41, 5.74) is 1.55. The van der Waals surface area contributed by atoms with Crippen LogP contribution in [0.2, 0.25) is 0 Å². The van der Waals surface area contributed by atoms with Crippen LogP contribution in [0.5, 0.6) is 5.75 Å². The molecule has 19 heavy (non-hydrogen) atoms. The smallest absolute Gasteiger partial charge is 0.251 e. The maximum absolute atomic E-state index is 11.9. The Labute approximate surface area is 115 Å². The van der Waals surface area contributed by atoms with Crippen LogP contribution in [0.4, 0.5) is 0 Å². The van der Waals surface area contributed by atoms with Gasteiger partial charge in [0.1, 0.15) is 5.75 Å². The van der Waals surface area contributed by atoms with E-state index in [1.54, 1.807) is 13.2 Å². The minimum Gasteiger partial charge on any atom is -0.496 e. The highest BCUT2D eigenvalue weighted by Gasteiger charge is 2.09. The van der Waals surface area contributed by atoms with E-state index in [-0.39, 0.29) is 5.91 Å². The summed E-state index contributed by atoms with van der Waals surface area (Å²) in [6, 6.07) is 5.41. The highest BCUT2D eigenvalue weighted by Crippen LogP contribution is 2.21. The minimum atomic E-state index is -0.0544. The standard InChI is InChI=1S/C15H23NO3/c1-4-8-16-15(17)12-6-7-14(18-3)13(10-12)11-19-9-5-2/h6-7,10H,4-5,8-9,11H2,1-3H3,(H,16,17). The molecule has 0 unspecified atom stereocenters. The van der Waals surface area contributed by atoms with Crippen LogP contribution in [0.3, 0.4) is 0 Å². The molecule has 0 bridgehead atoms. The van der Waals surface area contributed by atoms with Gasteiger partial charge in [-0.05, 0) is 31.0 Å². The molecule has 0 aliphatic carbocycles. The molecule has 1 aromatic rings. The predicted molar refractivity (Wildman–Crippen MR) is 75.6 cm³/mol. The Morgan fingerprint density at radius 1 is 1.26 bits per heavy atom. The first-order valence-electron chi connectivity index (χ1n) is 6.75. The zero-order valence-electron chi connectivity index (χ0n) is 12.0. The summed E-state index contributed by atoms with van der Waals surface area (Å²) in [6.45, 7) is 5.94. The molecule has 1 N–H and O–H groups in total. The lowest BCUT2D eigenvalue weighted by Crippen LogP contribution is -2.24. The number of carbonyl (C=O) groups is 1. The van der Waals surface area contributed by atoms with E-state index in [9.17, 15) is 4.79 Å². The lowest BCUT2D eigenvalue weighted by Gasteiger charge is -2.11. The van der Waals surface area contributed by atoms with E-state index >= 15 is 0 Å². The van der Waals surface area contributed by atoms with Gasteiger partial charge in [0, 0.05) is 24.3 Å². The summed E-state index contributed by atoms with van der Waals surface area (Å²) in [7, 11) is 1.62. The molecule has 0 aliphatic rings. The summed E-state index contributed by atoms with van der Waals surface area (Å²) < 4.78 is 10.8. The number of rotatable bonds is 8. The van der Waals surface area contributed by atoms with Crippen molar-refractivity contribution in [1.82, 2.24) is 5.32 Å². The molecule has 106 valence electrons. The van der Waals surface area contributed by atoms with Gasteiger partial charge in [0.2, 0.25) is 0 Å². The Morgan fingerprint density at radius 3 is 2.68 bits per heavy atom. The van der Waals surface area contributed by atoms with E-state index in [1.807, 2.05) is 19.1 Å². The van der Waals surface area contributed by atoms with Crippen LogP contribution in [0.25, 0.3) is 0 Å². The van der Waals surface area contributed by atoms with E-state index in [1.165, 1.54) is 0 Å². The lowest BCUT2D eigenvalue weighted by molar-refractivity contribution is 0.0952. The fraction of sp³-hybridized carbons (Fsp3) is 0.533. The Kier molecular flexibility index (Phi) is 6.97. The number of methoxy groups -OCH3 is 1. The van der Waals surface area contributed by atoms with Gasteiger partial charge in [-0.2, -0.15) is 0 Å². The normalized spacial score (nSPS) is 10.3. The summed E-state index contributed by atoms with van der Waals surface area (Å²) >= 11 is 0. The van der Waals surface area contributed by atoms with Crippen molar-refractivity contribution in [2.45, 2.75) is 33.3 Å². The predicted octanol–water partition coefficient (Wildman–Crippen LogP) is 2.76. The molecule has 1 aromatic carbocycles. The molecule has 0 atom stereocenters. The SMILES string of the molecule is CCCNC(=O)c1ccc(OC)c(COCCC)c1. The van der Waals surface area contributed by atoms with Crippen molar-refractivity contribution >= 4 is 5.91 Å². The van der Waals surface area contributed by atoms with Crippen molar-refractivity contribution in [3.63, 3.8) is 0 Å². The summed E-state index contributed by atoms with van der Waals surface area (Å²) in [5, 5.41) is 2.86. The largest absolute Gasteiger partial charge is 0.496 e. The first-order chi connectivity index (χ1) is 9.22. The molecule has 0 fully saturated rings. The molecular weight excluding hydrogens is 242 g/mol. The van der Waals surface area contributed by atoms with E-state index in [0.29, 0.717) is 25.3 Å². The summed E-state index contributed by atoms with van der Waals surface area (Å²) in [6.07, 6.45) is 1.90. The molecule has 1 amide bonds. The third-order valence-corrected chi connectivity index (χ3v) is 2.68. The maximum Gasteiger partial charge on any atom is 0.251 e. The second kappa shape index (κ2) is 8.53. The molecule has 0 aliphatic heterocycles. The van der Waals surface area contributed by atoms with Crippen molar-refractivity contribution in [3.05, 3.63) is 29.3 Å². The zero-order valence-corrected chi connectivity index (χ0v) is 12.0. The van der Waals surface area contributed by atoms with Crippen LogP contribution in [0.15, 0.2) is 18.2 Å². The number of nitrogens with one attached hydrogen (secondary N) is 1. The average molecular weight is 265 g/mol. The Hall–Kier alpha value is -1.55. The van der Waals surface area contributed by atoms with Crippen molar-refractivity contribution in [1.29, 1.82) is 0 Å². The molecule has 0 radical (unpaired) electrons. The molecule has 0 heterocycles. The summed E-state index contributed by atoms with van der Waals surface area (Å²) in [5.74, 6) is 0.699. The van der Waals surface area contributed by atoms with Gasteiger partial charge in [-0.1, -0.05) is 13.8 Å². The van der Waals surface area contributed by atoms with E-state index in [2.05, 4.69) is 12.2 Å². The number of amides is 1. The maximum atomic E-state index is 11.9. The van der Waals surface area contributed by atoms with Crippen LogP contribution in [-0.4, -0.2) is 26.2 Å². The van der Waals surface area contributed by atoms with Crippen molar-refractivity contribution < 1.29 is 14.3 Å². The van der Waals surface area contributed by atoms with E-state index in [4.69, 9.17) is 9.47 Å². The zero-order chi connectivity index (χ0) is 14.1. The van der Waals surface area contributed by atoms with E-state index in [0.717, 1.165) is 24.2 Å². The minimum absolute atomic E-state index is 0.0544. The number of hydrogen-bond donors (Lipinski definition) is 1. The molecule has 0 saturated carbocycles. The first-order valence-corrected chi connectivity index (χ1v) is 6.75. The van der Waals surface area contributed by atoms with Crippen molar-refractivity contribution in [2.24, 2.45) is 0 Å². The topological polar surface area (TPSA) is 47.6 Å².